The van der Waals surface area contributed by atoms with Gasteiger partial charge in [-0.1, -0.05) is 97.4 Å². The van der Waals surface area contributed by atoms with Crippen LogP contribution in [0.2, 0.25) is 0 Å². The number of para-hydroxylation sites is 7. The number of hydrogen-bond donors (Lipinski definition) is 0. The normalized spacial score (nSPS) is 19.1. The average Bonchev–Trinajstić information content (AvgIpc) is 3.24. The van der Waals surface area contributed by atoms with E-state index < -0.39 is 0 Å². The molecule has 8 nitrogen and oxygen atoms in total. The van der Waals surface area contributed by atoms with E-state index in [2.05, 4.69) is 257 Å². The number of ether oxygens (including phenoxy) is 2. The van der Waals surface area contributed by atoms with Crippen LogP contribution in [0.3, 0.4) is 0 Å². The Labute approximate surface area is 524 Å². The standard InChI is InChI=1S/C14H21N.C13H17N.2C13H19N.C12H16BrNO.C11H15NO/c1-12(2)15-11-7-3-4-8-13-9-5-6-10-14(13)15;1-9(2)14-8-10-7-12(10)11-5-3-4-6-13(11)14;1-10(2)14-11(3)8-9-12-6-4-5-7-13(12)14;1-11(2)14-10-6-5-8-12-7-3-4-9-13(12)14;1-9(2)14-7-4-8-15-12-10(13)5-3-6-11(12)14;1-9(2)12-7-8-13-11-6-4-3-5-10(11)12/h5-6,9-10,12H,3-4,7-8,11H2,1-2H3;3-6,9-10,12H,7-8H2,1-2H3;4-7,10-11H,8-9H2,1-3H3;3-4,7,9,11H,5-6,8,10H2,1-2H3;3,5-6,9H,4,7-8H2,1-2H3;3-6,9H,7-8H2,1-2H3. The molecule has 13 rings (SSSR count). The van der Waals surface area contributed by atoms with Crippen molar-refractivity contribution < 1.29 is 9.47 Å². The fraction of sp³-hybridized carbons (Fsp3) is 0.526. The van der Waals surface area contributed by atoms with Crippen LogP contribution in [-0.2, 0) is 19.3 Å². The molecule has 7 aliphatic rings. The van der Waals surface area contributed by atoms with Gasteiger partial charge in [0.05, 0.1) is 29.0 Å². The Morgan fingerprint density at radius 2 is 0.871 bits per heavy atom. The predicted octanol–water partition coefficient (Wildman–Crippen LogP) is 18.9. The summed E-state index contributed by atoms with van der Waals surface area (Å²) >= 11 is 3.54. The zero-order valence-corrected chi connectivity index (χ0v) is 56.2. The Bertz CT molecular complexity index is 2960. The van der Waals surface area contributed by atoms with Gasteiger partial charge in [-0.15, -0.1) is 0 Å². The van der Waals surface area contributed by atoms with Crippen LogP contribution in [0.15, 0.2) is 144 Å². The topological polar surface area (TPSA) is 37.9 Å². The summed E-state index contributed by atoms with van der Waals surface area (Å²) in [6, 6.07) is 54.2. The molecule has 9 heteroatoms. The maximum absolute atomic E-state index is 5.77. The van der Waals surface area contributed by atoms with Crippen LogP contribution in [0, 0.1) is 5.92 Å². The second-order valence-electron chi connectivity index (χ2n) is 26.2. The summed E-state index contributed by atoms with van der Waals surface area (Å²) in [5.41, 5.74) is 14.5. The Balaban J connectivity index is 0.000000133. The molecule has 6 aliphatic heterocycles. The lowest BCUT2D eigenvalue weighted by Crippen LogP contribution is -2.42. The van der Waals surface area contributed by atoms with E-state index >= 15 is 0 Å². The van der Waals surface area contributed by atoms with Gasteiger partial charge >= 0.3 is 0 Å². The van der Waals surface area contributed by atoms with E-state index in [1.54, 1.807) is 5.56 Å². The summed E-state index contributed by atoms with van der Waals surface area (Å²) in [6.07, 6.45) is 14.2. The summed E-state index contributed by atoms with van der Waals surface area (Å²) in [4.78, 5) is 14.9. The van der Waals surface area contributed by atoms with Crippen molar-refractivity contribution in [2.75, 3.05) is 75.3 Å². The van der Waals surface area contributed by atoms with Crippen LogP contribution in [0.1, 0.15) is 170 Å². The first-order chi connectivity index (χ1) is 41.0. The zero-order chi connectivity index (χ0) is 60.6. The number of halogens is 1. The van der Waals surface area contributed by atoms with E-state index in [1.165, 1.54) is 135 Å². The molecule has 1 saturated carbocycles. The average molecular weight is 1220 g/mol. The van der Waals surface area contributed by atoms with E-state index in [4.69, 9.17) is 9.47 Å². The Hall–Kier alpha value is -5.80. The second-order valence-corrected chi connectivity index (χ2v) is 27.1. The molecular weight excluding hydrogens is 1110 g/mol. The highest BCUT2D eigenvalue weighted by Gasteiger charge is 2.45. The van der Waals surface area contributed by atoms with Gasteiger partial charge in [0.25, 0.3) is 0 Å². The van der Waals surface area contributed by atoms with E-state index in [0.29, 0.717) is 42.3 Å². The maximum Gasteiger partial charge on any atom is 0.156 e. The molecule has 6 aromatic rings. The molecule has 0 radical (unpaired) electrons. The zero-order valence-electron chi connectivity index (χ0n) is 54.6. The second kappa shape index (κ2) is 31.7. The Kier molecular flexibility index (Phi) is 24.3. The van der Waals surface area contributed by atoms with Gasteiger partial charge < -0.3 is 38.9 Å². The molecule has 0 aromatic heterocycles. The lowest BCUT2D eigenvalue weighted by Gasteiger charge is -2.40. The molecule has 6 heterocycles. The molecule has 460 valence electrons. The molecule has 0 amide bonds. The van der Waals surface area contributed by atoms with Crippen molar-refractivity contribution in [2.24, 2.45) is 5.92 Å². The molecule has 1 aliphatic carbocycles. The minimum absolute atomic E-state index is 0.514. The molecule has 0 bridgehead atoms. The summed E-state index contributed by atoms with van der Waals surface area (Å²) in [7, 11) is 0. The number of hydrogen-bond acceptors (Lipinski definition) is 8. The molecule has 0 spiro atoms. The van der Waals surface area contributed by atoms with Crippen LogP contribution >= 0.6 is 15.9 Å². The van der Waals surface area contributed by atoms with Crippen LogP contribution in [0.5, 0.6) is 11.5 Å². The number of benzene rings is 6. The van der Waals surface area contributed by atoms with Crippen LogP contribution in [0.4, 0.5) is 34.1 Å². The predicted molar refractivity (Wildman–Crippen MR) is 371 cm³/mol. The number of anilines is 6. The lowest BCUT2D eigenvalue weighted by atomic mass is 9.95. The summed E-state index contributed by atoms with van der Waals surface area (Å²) < 4.78 is 12.4. The molecule has 85 heavy (non-hydrogen) atoms. The van der Waals surface area contributed by atoms with Crippen LogP contribution in [-0.4, -0.2) is 88.2 Å². The monoisotopic (exact) mass is 1210 g/mol. The van der Waals surface area contributed by atoms with Crippen molar-refractivity contribution in [3.8, 4) is 11.5 Å². The van der Waals surface area contributed by atoms with Crippen molar-refractivity contribution in [1.29, 1.82) is 0 Å². The molecular formula is C76H107BrN6O2. The summed E-state index contributed by atoms with van der Waals surface area (Å²) in [6.45, 7) is 36.8. The van der Waals surface area contributed by atoms with Crippen molar-refractivity contribution in [1.82, 2.24) is 0 Å². The number of aryl methyl sites for hydroxylation is 3. The van der Waals surface area contributed by atoms with Crippen molar-refractivity contribution in [2.45, 2.75) is 209 Å². The Morgan fingerprint density at radius 1 is 0.400 bits per heavy atom. The molecule has 6 aromatic carbocycles. The highest BCUT2D eigenvalue weighted by molar-refractivity contribution is 9.10. The van der Waals surface area contributed by atoms with Gasteiger partial charge in [0.2, 0.25) is 0 Å². The molecule has 0 N–H and O–H groups in total. The first-order valence-electron chi connectivity index (χ1n) is 33.1. The summed E-state index contributed by atoms with van der Waals surface area (Å²) in [5.74, 6) is 3.85. The number of fused-ring (bicyclic) bond motifs is 8. The van der Waals surface area contributed by atoms with Crippen LogP contribution in [0.25, 0.3) is 0 Å². The highest BCUT2D eigenvalue weighted by atomic mass is 79.9. The van der Waals surface area contributed by atoms with Crippen LogP contribution < -0.4 is 38.9 Å². The van der Waals surface area contributed by atoms with Gasteiger partial charge in [0, 0.05) is 91.2 Å². The quantitative estimate of drug-likeness (QED) is 0.163. The fourth-order valence-electron chi connectivity index (χ4n) is 13.6. The van der Waals surface area contributed by atoms with E-state index in [0.717, 1.165) is 60.5 Å². The third-order valence-corrected chi connectivity index (χ3v) is 18.7. The largest absolute Gasteiger partial charge is 0.490 e. The maximum atomic E-state index is 5.77. The van der Waals surface area contributed by atoms with Crippen molar-refractivity contribution >= 4 is 50.1 Å². The van der Waals surface area contributed by atoms with E-state index in [1.807, 2.05) is 18.2 Å². The SMILES string of the molecule is CC(C)N1CC2CC2c2ccccc21.CC(C)N1CCCCCc2ccccc21.CC(C)N1CCCCc2ccccc21.CC(C)N1CCCOc2c(Br)cccc21.CC(C)N1CCOc2ccccc21.CC(C)N1c2ccccc2CCC1C. The van der Waals surface area contributed by atoms with Gasteiger partial charge in [0.1, 0.15) is 12.4 Å². The summed E-state index contributed by atoms with van der Waals surface area (Å²) in [5, 5.41) is 0. The number of rotatable bonds is 6. The first kappa shape index (κ1) is 65.2. The van der Waals surface area contributed by atoms with E-state index in [-0.39, 0.29) is 0 Å². The van der Waals surface area contributed by atoms with E-state index in [9.17, 15) is 0 Å². The van der Waals surface area contributed by atoms with Gasteiger partial charge in [0.15, 0.2) is 5.75 Å². The molecule has 1 fully saturated rings. The van der Waals surface area contributed by atoms with Gasteiger partial charge in [-0.2, -0.15) is 0 Å². The smallest absolute Gasteiger partial charge is 0.156 e. The van der Waals surface area contributed by atoms with Gasteiger partial charge in [-0.3, -0.25) is 0 Å². The first-order valence-corrected chi connectivity index (χ1v) is 33.9. The van der Waals surface area contributed by atoms with Gasteiger partial charge in [-0.05, 0) is 253 Å². The highest BCUT2D eigenvalue weighted by Crippen LogP contribution is 2.55. The number of nitrogens with zero attached hydrogens (tertiary/aromatic N) is 6. The minimum Gasteiger partial charge on any atom is -0.490 e. The molecule has 3 atom stereocenters. The van der Waals surface area contributed by atoms with Gasteiger partial charge in [-0.25, -0.2) is 0 Å². The molecule has 0 saturated heterocycles. The lowest BCUT2D eigenvalue weighted by molar-refractivity contribution is 0.303. The molecule has 3 unspecified atom stereocenters. The third kappa shape index (κ3) is 17.3. The fourth-order valence-corrected chi connectivity index (χ4v) is 14.1. The van der Waals surface area contributed by atoms with Crippen molar-refractivity contribution in [3.63, 3.8) is 0 Å². The van der Waals surface area contributed by atoms with Crippen molar-refractivity contribution in [3.05, 3.63) is 166 Å². The minimum atomic E-state index is 0.514. The Morgan fingerprint density at radius 3 is 1.47 bits per heavy atom. The third-order valence-electron chi connectivity index (χ3n) is 18.1.